The van der Waals surface area contributed by atoms with Gasteiger partial charge in [0.25, 0.3) is 0 Å². The molecule has 0 bridgehead atoms. The lowest BCUT2D eigenvalue weighted by atomic mass is 10.2. The Labute approximate surface area is 114 Å². The van der Waals surface area contributed by atoms with Crippen molar-refractivity contribution in [2.24, 2.45) is 0 Å². The molecule has 1 atom stereocenters. The molecule has 0 aliphatic carbocycles. The standard InChI is InChI=1S/C13H21N3O3/c1-4-7-15(10-12(17)18)13(19)16-8-5-6-11(16)9-14(2)3/h1,11H,5-10H2,2-3H3,(H,17,18). The second-order valence-electron chi connectivity index (χ2n) is 4.99. The van der Waals surface area contributed by atoms with E-state index < -0.39 is 5.97 Å². The van der Waals surface area contributed by atoms with E-state index in [1.54, 1.807) is 4.90 Å². The van der Waals surface area contributed by atoms with Crippen LogP contribution in [0.5, 0.6) is 0 Å². The summed E-state index contributed by atoms with van der Waals surface area (Å²) in [6.07, 6.45) is 7.08. The highest BCUT2D eigenvalue weighted by molar-refractivity contribution is 5.80. The Balaban J connectivity index is 2.72. The lowest BCUT2D eigenvalue weighted by Gasteiger charge is -2.31. The summed E-state index contributed by atoms with van der Waals surface area (Å²) in [7, 11) is 3.91. The number of terminal acetylenes is 1. The Bertz CT molecular complexity index is 376. The number of carbonyl (C=O) groups excluding carboxylic acids is 1. The van der Waals surface area contributed by atoms with E-state index in [-0.39, 0.29) is 25.2 Å². The number of aliphatic carboxylic acids is 1. The van der Waals surface area contributed by atoms with Crippen LogP contribution in [0, 0.1) is 12.3 Å². The molecule has 0 saturated carbocycles. The number of urea groups is 1. The zero-order chi connectivity index (χ0) is 14.4. The van der Waals surface area contributed by atoms with Crippen LogP contribution in [-0.4, -0.2) is 78.1 Å². The van der Waals surface area contributed by atoms with Gasteiger partial charge in [-0.1, -0.05) is 5.92 Å². The number of nitrogens with zero attached hydrogens (tertiary/aromatic N) is 3. The van der Waals surface area contributed by atoms with E-state index in [1.165, 1.54) is 4.90 Å². The fourth-order valence-corrected chi connectivity index (χ4v) is 2.35. The van der Waals surface area contributed by atoms with Crippen LogP contribution in [0.3, 0.4) is 0 Å². The van der Waals surface area contributed by atoms with Crippen molar-refractivity contribution in [1.29, 1.82) is 0 Å². The molecule has 0 aromatic rings. The molecule has 1 N–H and O–H groups in total. The summed E-state index contributed by atoms with van der Waals surface area (Å²) in [6, 6.07) is -0.138. The van der Waals surface area contributed by atoms with Crippen LogP contribution in [-0.2, 0) is 4.79 Å². The fourth-order valence-electron chi connectivity index (χ4n) is 2.35. The summed E-state index contributed by atoms with van der Waals surface area (Å²) in [5.41, 5.74) is 0. The number of hydrogen-bond donors (Lipinski definition) is 1. The summed E-state index contributed by atoms with van der Waals surface area (Å²) in [6.45, 7) is 1.12. The van der Waals surface area contributed by atoms with E-state index in [4.69, 9.17) is 11.5 Å². The topological polar surface area (TPSA) is 64.1 Å². The molecule has 2 amide bonds. The Kier molecular flexibility index (Phi) is 5.64. The van der Waals surface area contributed by atoms with Gasteiger partial charge in [-0.2, -0.15) is 0 Å². The number of likely N-dealkylation sites (N-methyl/N-ethyl adjacent to an activating group) is 1. The van der Waals surface area contributed by atoms with Gasteiger partial charge in [-0.3, -0.25) is 4.79 Å². The number of amides is 2. The van der Waals surface area contributed by atoms with Crippen LogP contribution in [0.1, 0.15) is 12.8 Å². The second-order valence-corrected chi connectivity index (χ2v) is 4.99. The first-order valence-corrected chi connectivity index (χ1v) is 6.31. The van der Waals surface area contributed by atoms with Crippen LogP contribution < -0.4 is 0 Å². The van der Waals surface area contributed by atoms with Crippen molar-refractivity contribution in [3.63, 3.8) is 0 Å². The smallest absolute Gasteiger partial charge is 0.323 e. The van der Waals surface area contributed by atoms with E-state index in [2.05, 4.69) is 5.92 Å². The maximum Gasteiger partial charge on any atom is 0.323 e. The minimum Gasteiger partial charge on any atom is -0.480 e. The largest absolute Gasteiger partial charge is 0.480 e. The molecule has 1 fully saturated rings. The van der Waals surface area contributed by atoms with Gasteiger partial charge >= 0.3 is 12.0 Å². The third-order valence-corrected chi connectivity index (χ3v) is 3.08. The average molecular weight is 267 g/mol. The fraction of sp³-hybridized carbons (Fsp3) is 0.692. The molecule has 1 saturated heterocycles. The van der Waals surface area contributed by atoms with Crippen LogP contribution in [0.15, 0.2) is 0 Å². The minimum absolute atomic E-state index is 0.0241. The molecule has 106 valence electrons. The molecule has 0 aromatic heterocycles. The van der Waals surface area contributed by atoms with Gasteiger partial charge in [0.15, 0.2) is 0 Å². The maximum atomic E-state index is 12.3. The molecule has 1 unspecified atom stereocenters. The van der Waals surface area contributed by atoms with Gasteiger partial charge in [0.05, 0.1) is 6.54 Å². The molecular weight excluding hydrogens is 246 g/mol. The molecule has 0 radical (unpaired) electrons. The number of carboxylic acid groups (broad SMARTS) is 1. The first kappa shape index (κ1) is 15.3. The van der Waals surface area contributed by atoms with Gasteiger partial charge in [0.2, 0.25) is 0 Å². The Morgan fingerprint density at radius 3 is 2.68 bits per heavy atom. The van der Waals surface area contributed by atoms with E-state index >= 15 is 0 Å². The van der Waals surface area contributed by atoms with Crippen LogP contribution in [0.25, 0.3) is 0 Å². The molecule has 6 heteroatoms. The van der Waals surface area contributed by atoms with Gasteiger partial charge in [-0.05, 0) is 26.9 Å². The highest BCUT2D eigenvalue weighted by atomic mass is 16.4. The van der Waals surface area contributed by atoms with Gasteiger partial charge in [0.1, 0.15) is 6.54 Å². The lowest BCUT2D eigenvalue weighted by Crippen LogP contribution is -2.49. The van der Waals surface area contributed by atoms with Gasteiger partial charge in [-0.15, -0.1) is 6.42 Å². The van der Waals surface area contributed by atoms with Crippen molar-refractivity contribution in [3.8, 4) is 12.3 Å². The van der Waals surface area contributed by atoms with Crippen molar-refractivity contribution in [2.75, 3.05) is 40.3 Å². The third kappa shape index (κ3) is 4.45. The summed E-state index contributed by atoms with van der Waals surface area (Å²) in [4.78, 5) is 28.1. The average Bonchev–Trinajstić information content (AvgIpc) is 2.74. The quantitative estimate of drug-likeness (QED) is 0.720. The summed E-state index contributed by atoms with van der Waals surface area (Å²) >= 11 is 0. The van der Waals surface area contributed by atoms with Crippen molar-refractivity contribution in [3.05, 3.63) is 0 Å². The summed E-state index contributed by atoms with van der Waals surface area (Å²) in [5, 5.41) is 8.82. The predicted octanol–water partition coefficient (Wildman–Crippen LogP) is 0.152. The molecule has 1 aliphatic heterocycles. The Morgan fingerprint density at radius 1 is 1.47 bits per heavy atom. The number of hydrogen-bond acceptors (Lipinski definition) is 3. The van der Waals surface area contributed by atoms with Gasteiger partial charge in [0, 0.05) is 19.1 Å². The molecule has 1 aliphatic rings. The third-order valence-electron chi connectivity index (χ3n) is 3.08. The SMILES string of the molecule is C#CCN(CC(=O)O)C(=O)N1CCCC1CN(C)C. The van der Waals surface area contributed by atoms with Crippen LogP contribution >= 0.6 is 0 Å². The number of carboxylic acids is 1. The summed E-state index contributed by atoms with van der Waals surface area (Å²) < 4.78 is 0. The molecule has 19 heavy (non-hydrogen) atoms. The van der Waals surface area contributed by atoms with E-state index in [0.717, 1.165) is 19.4 Å². The predicted molar refractivity (Wildman–Crippen MR) is 71.7 cm³/mol. The highest BCUT2D eigenvalue weighted by Crippen LogP contribution is 2.19. The van der Waals surface area contributed by atoms with E-state index in [9.17, 15) is 9.59 Å². The normalized spacial score (nSPS) is 18.4. The molecular formula is C13H21N3O3. The van der Waals surface area contributed by atoms with Crippen LogP contribution in [0.4, 0.5) is 4.79 Å². The molecule has 0 aromatic carbocycles. The van der Waals surface area contributed by atoms with E-state index in [0.29, 0.717) is 6.54 Å². The zero-order valence-electron chi connectivity index (χ0n) is 11.5. The van der Waals surface area contributed by atoms with Gasteiger partial charge < -0.3 is 19.8 Å². The molecule has 6 nitrogen and oxygen atoms in total. The number of rotatable bonds is 5. The molecule has 1 rings (SSSR count). The number of likely N-dealkylation sites (tertiary alicyclic amines) is 1. The van der Waals surface area contributed by atoms with Crippen LogP contribution in [0.2, 0.25) is 0 Å². The second kappa shape index (κ2) is 7.00. The molecule has 1 heterocycles. The molecule has 0 spiro atoms. The number of carbonyl (C=O) groups is 2. The van der Waals surface area contributed by atoms with Crippen molar-refractivity contribution in [2.45, 2.75) is 18.9 Å². The Hall–Kier alpha value is -1.74. The first-order valence-electron chi connectivity index (χ1n) is 6.31. The maximum absolute atomic E-state index is 12.3. The monoisotopic (exact) mass is 267 g/mol. The van der Waals surface area contributed by atoms with Crippen molar-refractivity contribution < 1.29 is 14.7 Å². The minimum atomic E-state index is -1.05. The Morgan fingerprint density at radius 2 is 2.16 bits per heavy atom. The zero-order valence-corrected chi connectivity index (χ0v) is 11.5. The highest BCUT2D eigenvalue weighted by Gasteiger charge is 2.32. The summed E-state index contributed by atoms with van der Waals surface area (Å²) in [5.74, 6) is 1.29. The van der Waals surface area contributed by atoms with E-state index in [1.807, 2.05) is 19.0 Å². The lowest BCUT2D eigenvalue weighted by molar-refractivity contribution is -0.137. The van der Waals surface area contributed by atoms with Crippen molar-refractivity contribution in [1.82, 2.24) is 14.7 Å². The van der Waals surface area contributed by atoms with Gasteiger partial charge in [-0.25, -0.2) is 4.79 Å². The first-order chi connectivity index (χ1) is 8.95. The van der Waals surface area contributed by atoms with Crippen molar-refractivity contribution >= 4 is 12.0 Å².